The fraction of sp³-hybridized carbons (Fsp3) is 0.333. The van der Waals surface area contributed by atoms with Gasteiger partial charge in [-0.15, -0.1) is 20.5 Å². The first-order valence-electron chi connectivity index (χ1n) is 6.69. The standard InChI is InChI=1S/C12H12N8O4/c1-17-7-5(9(21)19(3)11(17)23)13-16-8-6(14-15-7)10(22)20(4)12(24)18(8)2/h1-4H3. The molecule has 0 saturated heterocycles. The molecule has 12 nitrogen and oxygen atoms in total. The molecular formula is C12H12N8O4. The first-order valence-corrected chi connectivity index (χ1v) is 6.69. The molecule has 0 fully saturated rings. The zero-order valence-corrected chi connectivity index (χ0v) is 13.2. The van der Waals surface area contributed by atoms with Crippen LogP contribution in [-0.4, -0.2) is 18.3 Å². The van der Waals surface area contributed by atoms with Crippen molar-refractivity contribution in [2.24, 2.45) is 48.6 Å². The Hall–Kier alpha value is -3.44. The van der Waals surface area contributed by atoms with Crippen LogP contribution in [0.3, 0.4) is 0 Å². The topological polar surface area (TPSA) is 137 Å². The lowest BCUT2D eigenvalue weighted by atomic mass is 10.4. The summed E-state index contributed by atoms with van der Waals surface area (Å²) in [6.07, 6.45) is 0. The van der Waals surface area contributed by atoms with E-state index in [0.29, 0.717) is 0 Å². The maximum atomic E-state index is 12.2. The second-order valence-electron chi connectivity index (χ2n) is 5.16. The summed E-state index contributed by atoms with van der Waals surface area (Å²) >= 11 is 0. The Morgan fingerprint density at radius 2 is 0.875 bits per heavy atom. The lowest BCUT2D eigenvalue weighted by Crippen LogP contribution is -2.37. The van der Waals surface area contributed by atoms with Crippen LogP contribution in [0.15, 0.2) is 39.6 Å². The molecular weight excluding hydrogens is 320 g/mol. The zero-order valence-electron chi connectivity index (χ0n) is 13.2. The maximum Gasteiger partial charge on any atom is 0.332 e. The molecule has 0 aromatic carbocycles. The van der Waals surface area contributed by atoms with Crippen molar-refractivity contribution in [2.75, 3.05) is 0 Å². The summed E-state index contributed by atoms with van der Waals surface area (Å²) in [4.78, 5) is 48.3. The summed E-state index contributed by atoms with van der Waals surface area (Å²) < 4.78 is 3.82. The van der Waals surface area contributed by atoms with Gasteiger partial charge in [-0.3, -0.25) is 27.9 Å². The highest BCUT2D eigenvalue weighted by molar-refractivity contribution is 5.60. The number of rotatable bonds is 0. The molecule has 0 N–H and O–H groups in total. The van der Waals surface area contributed by atoms with E-state index in [-0.39, 0.29) is 23.0 Å². The third kappa shape index (κ3) is 1.92. The predicted octanol–water partition coefficient (Wildman–Crippen LogP) is -0.374. The fourth-order valence-corrected chi connectivity index (χ4v) is 2.23. The minimum absolute atomic E-state index is 0.131. The Morgan fingerprint density at radius 1 is 0.542 bits per heavy atom. The smallest absolute Gasteiger partial charge is 0.278 e. The molecule has 3 rings (SSSR count). The number of nitrogens with zero attached hydrogens (tertiary/aromatic N) is 8. The summed E-state index contributed by atoms with van der Waals surface area (Å²) in [6.45, 7) is 0. The van der Waals surface area contributed by atoms with Gasteiger partial charge in [-0.05, 0) is 0 Å². The largest absolute Gasteiger partial charge is 0.332 e. The van der Waals surface area contributed by atoms with Crippen molar-refractivity contribution in [3.63, 3.8) is 0 Å². The SMILES string of the molecule is Cn1c2c(c(=O)n(C)c1=O)N=Nc1c(c(=O)n(C)c(=O)n1C)N=N2. The molecule has 0 atom stereocenters. The fourth-order valence-electron chi connectivity index (χ4n) is 2.23. The summed E-state index contributed by atoms with van der Waals surface area (Å²) in [6, 6.07) is 0. The minimum Gasteiger partial charge on any atom is -0.278 e. The molecule has 0 saturated carbocycles. The van der Waals surface area contributed by atoms with Gasteiger partial charge in [0.05, 0.1) is 0 Å². The molecule has 0 spiro atoms. The van der Waals surface area contributed by atoms with Crippen LogP contribution in [-0.2, 0) is 28.2 Å². The number of azo groups is 2. The first-order chi connectivity index (χ1) is 11.3. The Balaban J connectivity index is 2.46. The summed E-state index contributed by atoms with van der Waals surface area (Å²) in [5.74, 6) is -0.262. The molecule has 24 heavy (non-hydrogen) atoms. The lowest BCUT2D eigenvalue weighted by molar-refractivity contribution is 0.672. The van der Waals surface area contributed by atoms with Gasteiger partial charge in [0.1, 0.15) is 0 Å². The quantitative estimate of drug-likeness (QED) is 0.554. The van der Waals surface area contributed by atoms with Crippen LogP contribution in [0.5, 0.6) is 0 Å². The van der Waals surface area contributed by atoms with E-state index in [2.05, 4.69) is 20.5 Å². The zero-order chi connectivity index (χ0) is 17.8. The molecule has 1 aliphatic rings. The molecule has 3 heterocycles. The van der Waals surface area contributed by atoms with Crippen LogP contribution >= 0.6 is 0 Å². The van der Waals surface area contributed by atoms with Crippen molar-refractivity contribution in [1.29, 1.82) is 0 Å². The van der Waals surface area contributed by atoms with E-state index in [9.17, 15) is 19.2 Å². The molecule has 0 aliphatic carbocycles. The van der Waals surface area contributed by atoms with E-state index in [1.165, 1.54) is 28.2 Å². The Labute approximate surface area is 132 Å². The van der Waals surface area contributed by atoms with Crippen molar-refractivity contribution < 1.29 is 0 Å². The molecule has 2 aromatic rings. The minimum atomic E-state index is -0.715. The molecule has 0 unspecified atom stereocenters. The molecule has 124 valence electrons. The van der Waals surface area contributed by atoms with Gasteiger partial charge in [0.2, 0.25) is 0 Å². The average Bonchev–Trinajstić information content (AvgIpc) is 2.55. The third-order valence-electron chi connectivity index (χ3n) is 3.71. The molecule has 12 heteroatoms. The highest BCUT2D eigenvalue weighted by Gasteiger charge is 2.21. The van der Waals surface area contributed by atoms with Crippen molar-refractivity contribution in [1.82, 2.24) is 18.3 Å². The van der Waals surface area contributed by atoms with Gasteiger partial charge in [-0.2, -0.15) is 0 Å². The van der Waals surface area contributed by atoms with Crippen LogP contribution in [0.4, 0.5) is 23.0 Å². The second kappa shape index (κ2) is 5.04. The second-order valence-corrected chi connectivity index (χ2v) is 5.16. The van der Waals surface area contributed by atoms with Crippen LogP contribution in [0.1, 0.15) is 0 Å². The Bertz CT molecular complexity index is 1080. The normalized spacial score (nSPS) is 12.5. The third-order valence-corrected chi connectivity index (χ3v) is 3.71. The Morgan fingerprint density at radius 3 is 1.21 bits per heavy atom. The summed E-state index contributed by atoms with van der Waals surface area (Å²) in [5.41, 5.74) is -3.12. The van der Waals surface area contributed by atoms with Crippen LogP contribution < -0.4 is 22.5 Å². The van der Waals surface area contributed by atoms with Gasteiger partial charge in [0, 0.05) is 28.2 Å². The molecule has 1 aliphatic heterocycles. The number of fused-ring (bicyclic) bond motifs is 2. The predicted molar refractivity (Wildman–Crippen MR) is 82.2 cm³/mol. The van der Waals surface area contributed by atoms with E-state index in [1.807, 2.05) is 0 Å². The number of aromatic nitrogens is 4. The molecule has 0 radical (unpaired) electrons. The molecule has 2 aromatic heterocycles. The van der Waals surface area contributed by atoms with E-state index >= 15 is 0 Å². The highest BCUT2D eigenvalue weighted by Crippen LogP contribution is 2.31. The number of hydrogen-bond acceptors (Lipinski definition) is 8. The first kappa shape index (κ1) is 15.5. The molecule has 0 bridgehead atoms. The Kier molecular flexibility index (Phi) is 3.25. The average molecular weight is 332 g/mol. The van der Waals surface area contributed by atoms with Gasteiger partial charge in [-0.1, -0.05) is 0 Å². The van der Waals surface area contributed by atoms with E-state index in [4.69, 9.17) is 0 Å². The highest BCUT2D eigenvalue weighted by atomic mass is 16.2. The van der Waals surface area contributed by atoms with Crippen LogP contribution in [0.25, 0.3) is 0 Å². The number of hydrogen-bond donors (Lipinski definition) is 0. The van der Waals surface area contributed by atoms with Gasteiger partial charge in [0.25, 0.3) is 11.1 Å². The summed E-state index contributed by atoms with van der Waals surface area (Å²) in [7, 11) is 5.35. The maximum absolute atomic E-state index is 12.2. The van der Waals surface area contributed by atoms with Crippen LogP contribution in [0, 0.1) is 0 Å². The van der Waals surface area contributed by atoms with Gasteiger partial charge in [0.15, 0.2) is 23.0 Å². The van der Waals surface area contributed by atoms with Crippen molar-refractivity contribution >= 4 is 23.0 Å². The van der Waals surface area contributed by atoms with Crippen molar-refractivity contribution in [3.8, 4) is 0 Å². The molecule has 0 amide bonds. The van der Waals surface area contributed by atoms with Gasteiger partial charge >= 0.3 is 11.4 Å². The van der Waals surface area contributed by atoms with Gasteiger partial charge in [-0.25, -0.2) is 9.59 Å². The summed E-state index contributed by atoms with van der Waals surface area (Å²) in [5, 5.41) is 15.2. The van der Waals surface area contributed by atoms with E-state index in [0.717, 1.165) is 18.3 Å². The van der Waals surface area contributed by atoms with E-state index < -0.39 is 22.5 Å². The monoisotopic (exact) mass is 332 g/mol. The van der Waals surface area contributed by atoms with Crippen molar-refractivity contribution in [2.45, 2.75) is 0 Å². The van der Waals surface area contributed by atoms with Gasteiger partial charge < -0.3 is 0 Å². The van der Waals surface area contributed by atoms with Crippen molar-refractivity contribution in [3.05, 3.63) is 41.7 Å². The van der Waals surface area contributed by atoms with E-state index in [1.54, 1.807) is 0 Å². The van der Waals surface area contributed by atoms with Crippen LogP contribution in [0.2, 0.25) is 0 Å². The lowest BCUT2D eigenvalue weighted by Gasteiger charge is -2.11.